The van der Waals surface area contributed by atoms with Crippen molar-refractivity contribution in [3.05, 3.63) is 19.1 Å². The molecule has 0 saturated carbocycles. The van der Waals surface area contributed by atoms with Crippen molar-refractivity contribution in [3.8, 4) is 0 Å². The zero-order valence-corrected chi connectivity index (χ0v) is 9.51. The average molecular weight is 199 g/mol. The molecule has 0 aliphatic rings. The highest BCUT2D eigenvalue weighted by molar-refractivity contribution is 5.84. The summed E-state index contributed by atoms with van der Waals surface area (Å²) in [5.41, 5.74) is 0.176. The van der Waals surface area contributed by atoms with Crippen LogP contribution in [0, 0.1) is 6.92 Å². The molecule has 2 nitrogen and oxygen atoms in total. The maximum Gasteiger partial charge on any atom is 0.330 e. The zero-order chi connectivity index (χ0) is 11.4. The highest BCUT2D eigenvalue weighted by Crippen LogP contribution is 2.03. The SMILES string of the molecule is C=C(C)C(=O)O.[CH2]CCCCCCC. The van der Waals surface area contributed by atoms with E-state index < -0.39 is 5.97 Å². The first-order chi connectivity index (χ1) is 6.56. The Morgan fingerprint density at radius 3 is 1.93 bits per heavy atom. The number of carbonyl (C=O) groups is 1. The van der Waals surface area contributed by atoms with Crippen molar-refractivity contribution in [3.63, 3.8) is 0 Å². The van der Waals surface area contributed by atoms with Gasteiger partial charge in [0.25, 0.3) is 0 Å². The molecule has 0 unspecified atom stereocenters. The summed E-state index contributed by atoms with van der Waals surface area (Å²) in [7, 11) is 0. The van der Waals surface area contributed by atoms with Crippen molar-refractivity contribution in [2.24, 2.45) is 0 Å². The van der Waals surface area contributed by atoms with E-state index in [1.165, 1.54) is 39.0 Å². The second kappa shape index (κ2) is 12.2. The molecule has 0 aliphatic heterocycles. The zero-order valence-electron chi connectivity index (χ0n) is 9.51. The molecule has 1 radical (unpaired) electrons. The minimum atomic E-state index is -0.935. The maximum atomic E-state index is 9.60. The fourth-order valence-electron chi connectivity index (χ4n) is 0.780. The van der Waals surface area contributed by atoms with Crippen LogP contribution in [0.25, 0.3) is 0 Å². The molecule has 0 bridgehead atoms. The largest absolute Gasteiger partial charge is 0.478 e. The van der Waals surface area contributed by atoms with Crippen molar-refractivity contribution in [2.45, 2.75) is 52.4 Å². The molecule has 14 heavy (non-hydrogen) atoms. The second-order valence-corrected chi connectivity index (χ2v) is 3.35. The quantitative estimate of drug-likeness (QED) is 0.521. The molecule has 0 aromatic carbocycles. The van der Waals surface area contributed by atoms with Crippen molar-refractivity contribution in [1.29, 1.82) is 0 Å². The molecule has 0 atom stereocenters. The van der Waals surface area contributed by atoms with Gasteiger partial charge in [0.05, 0.1) is 0 Å². The van der Waals surface area contributed by atoms with Crippen molar-refractivity contribution >= 4 is 5.97 Å². The van der Waals surface area contributed by atoms with Crippen molar-refractivity contribution in [2.75, 3.05) is 0 Å². The number of aliphatic carboxylic acids is 1. The summed E-state index contributed by atoms with van der Waals surface area (Å²) >= 11 is 0. The van der Waals surface area contributed by atoms with Gasteiger partial charge in [0.2, 0.25) is 0 Å². The first-order valence-corrected chi connectivity index (χ1v) is 5.24. The third-order valence-corrected chi connectivity index (χ3v) is 1.72. The Morgan fingerprint density at radius 2 is 1.64 bits per heavy atom. The summed E-state index contributed by atoms with van der Waals surface area (Å²) < 4.78 is 0. The fraction of sp³-hybridized carbons (Fsp3) is 0.667. The number of carboxylic acid groups (broad SMARTS) is 1. The molecular formula is C12H23O2. The lowest BCUT2D eigenvalue weighted by Crippen LogP contribution is -1.92. The Balaban J connectivity index is 0. The Labute approximate surface area is 88.0 Å². The lowest BCUT2D eigenvalue weighted by molar-refractivity contribution is -0.132. The van der Waals surface area contributed by atoms with E-state index in [0.717, 1.165) is 6.42 Å². The van der Waals surface area contributed by atoms with Gasteiger partial charge in [-0.1, -0.05) is 59.0 Å². The van der Waals surface area contributed by atoms with Crippen LogP contribution < -0.4 is 0 Å². The van der Waals surface area contributed by atoms with Crippen LogP contribution in [0.5, 0.6) is 0 Å². The number of unbranched alkanes of at least 4 members (excludes halogenated alkanes) is 5. The standard InChI is InChI=1S/C8H17.C4H6O2/c1-3-5-7-8-6-4-2;1-3(2)4(5)6/h1,3-8H2,2H3;1H2,2H3,(H,5,6). The molecule has 0 amide bonds. The van der Waals surface area contributed by atoms with E-state index in [0.29, 0.717) is 0 Å². The van der Waals surface area contributed by atoms with Gasteiger partial charge in [0, 0.05) is 5.57 Å². The Bertz CT molecular complexity index is 132. The smallest absolute Gasteiger partial charge is 0.330 e. The van der Waals surface area contributed by atoms with Crippen LogP contribution >= 0.6 is 0 Å². The number of hydrogen-bond donors (Lipinski definition) is 1. The van der Waals surface area contributed by atoms with Gasteiger partial charge in [0.15, 0.2) is 0 Å². The molecule has 0 spiro atoms. The van der Waals surface area contributed by atoms with Crippen LogP contribution in [0.4, 0.5) is 0 Å². The second-order valence-electron chi connectivity index (χ2n) is 3.35. The van der Waals surface area contributed by atoms with E-state index in [2.05, 4.69) is 20.4 Å². The van der Waals surface area contributed by atoms with E-state index in [-0.39, 0.29) is 5.57 Å². The van der Waals surface area contributed by atoms with E-state index in [1.54, 1.807) is 0 Å². The van der Waals surface area contributed by atoms with Crippen LogP contribution in [-0.4, -0.2) is 11.1 Å². The minimum absolute atomic E-state index is 0.176. The van der Waals surface area contributed by atoms with Gasteiger partial charge in [-0.2, -0.15) is 0 Å². The van der Waals surface area contributed by atoms with E-state index >= 15 is 0 Å². The average Bonchev–Trinajstić information content (AvgIpc) is 2.13. The number of carboxylic acids is 1. The van der Waals surface area contributed by atoms with Crippen LogP contribution in [0.1, 0.15) is 52.4 Å². The molecule has 1 N–H and O–H groups in total. The summed E-state index contributed by atoms with van der Waals surface area (Å²) in [6, 6.07) is 0. The molecule has 0 fully saturated rings. The normalized spacial score (nSPS) is 8.79. The maximum absolute atomic E-state index is 9.60. The molecule has 83 valence electrons. The van der Waals surface area contributed by atoms with Gasteiger partial charge in [-0.15, -0.1) is 0 Å². The minimum Gasteiger partial charge on any atom is -0.478 e. The highest BCUT2D eigenvalue weighted by Gasteiger charge is 1.90. The van der Waals surface area contributed by atoms with Gasteiger partial charge in [0.1, 0.15) is 0 Å². The molecule has 0 heterocycles. The Hall–Kier alpha value is -0.790. The predicted molar refractivity (Wildman–Crippen MR) is 61.2 cm³/mol. The molecule has 0 saturated heterocycles. The summed E-state index contributed by atoms with van der Waals surface area (Å²) in [4.78, 5) is 9.60. The molecule has 0 aliphatic carbocycles. The van der Waals surface area contributed by atoms with E-state index in [1.807, 2.05) is 0 Å². The van der Waals surface area contributed by atoms with Gasteiger partial charge < -0.3 is 5.11 Å². The molecule has 0 rings (SSSR count). The molecule has 2 heteroatoms. The number of hydrogen-bond acceptors (Lipinski definition) is 1. The monoisotopic (exact) mass is 199 g/mol. The van der Waals surface area contributed by atoms with Crippen LogP contribution in [0.3, 0.4) is 0 Å². The summed E-state index contributed by atoms with van der Waals surface area (Å²) in [6.45, 7) is 10.6. The molecular weight excluding hydrogens is 176 g/mol. The van der Waals surface area contributed by atoms with Gasteiger partial charge >= 0.3 is 5.97 Å². The summed E-state index contributed by atoms with van der Waals surface area (Å²) in [6.07, 6.45) is 7.98. The molecule has 0 aromatic heterocycles. The number of rotatable bonds is 6. The topological polar surface area (TPSA) is 37.3 Å². The Kier molecular flexibility index (Phi) is 13.7. The molecule has 0 aromatic rings. The first kappa shape index (κ1) is 15.7. The van der Waals surface area contributed by atoms with Crippen molar-refractivity contribution in [1.82, 2.24) is 0 Å². The first-order valence-electron chi connectivity index (χ1n) is 5.24. The lowest BCUT2D eigenvalue weighted by Gasteiger charge is -1.93. The van der Waals surface area contributed by atoms with Gasteiger partial charge in [-0.3, -0.25) is 0 Å². The van der Waals surface area contributed by atoms with E-state index in [4.69, 9.17) is 5.11 Å². The predicted octanol–water partition coefficient (Wildman–Crippen LogP) is 3.83. The Morgan fingerprint density at radius 1 is 1.21 bits per heavy atom. The van der Waals surface area contributed by atoms with Gasteiger partial charge in [-0.05, 0) is 6.92 Å². The van der Waals surface area contributed by atoms with Crippen LogP contribution in [0.15, 0.2) is 12.2 Å². The third-order valence-electron chi connectivity index (χ3n) is 1.72. The van der Waals surface area contributed by atoms with E-state index in [9.17, 15) is 4.79 Å². The fourth-order valence-corrected chi connectivity index (χ4v) is 0.780. The van der Waals surface area contributed by atoms with Crippen LogP contribution in [0.2, 0.25) is 0 Å². The summed E-state index contributed by atoms with van der Waals surface area (Å²) in [5.74, 6) is -0.935. The highest BCUT2D eigenvalue weighted by atomic mass is 16.4. The van der Waals surface area contributed by atoms with Gasteiger partial charge in [-0.25, -0.2) is 4.79 Å². The lowest BCUT2D eigenvalue weighted by atomic mass is 10.1. The van der Waals surface area contributed by atoms with Crippen molar-refractivity contribution < 1.29 is 9.90 Å². The third kappa shape index (κ3) is 17.3. The van der Waals surface area contributed by atoms with Crippen LogP contribution in [-0.2, 0) is 4.79 Å². The summed E-state index contributed by atoms with van der Waals surface area (Å²) in [5, 5.41) is 7.89.